The molecule has 2 N–H and O–H groups in total. The zero-order chi connectivity index (χ0) is 22.2. The van der Waals surface area contributed by atoms with Gasteiger partial charge in [-0.3, -0.25) is 5.32 Å². The number of halogens is 2. The van der Waals surface area contributed by atoms with Crippen LogP contribution in [-0.2, 0) is 14.3 Å². The van der Waals surface area contributed by atoms with Crippen molar-refractivity contribution >= 4 is 17.7 Å². The van der Waals surface area contributed by atoms with Crippen LogP contribution in [0.4, 0.5) is 19.3 Å². The largest absolute Gasteiger partial charge is 0.480 e. The van der Waals surface area contributed by atoms with Crippen LogP contribution in [-0.4, -0.2) is 42.0 Å². The minimum Gasteiger partial charge on any atom is -0.480 e. The summed E-state index contributed by atoms with van der Waals surface area (Å²) in [5.41, 5.74) is 0.660. The van der Waals surface area contributed by atoms with Crippen LogP contribution in [0, 0.1) is 23.6 Å². The predicted molar refractivity (Wildman–Crippen MR) is 108 cm³/mol. The molecule has 0 bridgehead atoms. The number of carbonyl (C=O) groups excluding carboxylic acids is 1. The van der Waals surface area contributed by atoms with Gasteiger partial charge in [-0.25, -0.2) is 19.0 Å². The molecule has 166 valence electrons. The van der Waals surface area contributed by atoms with Crippen LogP contribution >= 0.6 is 0 Å². The van der Waals surface area contributed by atoms with E-state index in [4.69, 9.17) is 14.6 Å². The second-order valence-corrected chi connectivity index (χ2v) is 7.56. The highest BCUT2D eigenvalue weighted by atomic mass is 19.1. The van der Waals surface area contributed by atoms with Gasteiger partial charge in [0.25, 0.3) is 0 Å². The molecule has 0 aliphatic heterocycles. The third-order valence-corrected chi connectivity index (χ3v) is 5.19. The van der Waals surface area contributed by atoms with E-state index in [-0.39, 0.29) is 30.5 Å². The summed E-state index contributed by atoms with van der Waals surface area (Å²) in [5, 5.41) is 11.2. The number of aliphatic carboxylic acids is 1. The van der Waals surface area contributed by atoms with Gasteiger partial charge in [-0.05, 0) is 61.8 Å². The van der Waals surface area contributed by atoms with Gasteiger partial charge in [0.15, 0.2) is 0 Å². The highest BCUT2D eigenvalue weighted by molar-refractivity contribution is 5.90. The van der Waals surface area contributed by atoms with E-state index < -0.39 is 23.8 Å². The number of rotatable bonds is 8. The maximum absolute atomic E-state index is 13.6. The van der Waals surface area contributed by atoms with Gasteiger partial charge >= 0.3 is 12.1 Å². The van der Waals surface area contributed by atoms with Crippen molar-refractivity contribution in [3.05, 3.63) is 48.2 Å². The molecular weight excluding hydrogens is 410 g/mol. The first-order chi connectivity index (χ1) is 14.9. The lowest BCUT2D eigenvalue weighted by Gasteiger charge is -2.27. The molecular formula is C22H24F2N2O5. The number of benzene rings is 1. The van der Waals surface area contributed by atoms with E-state index >= 15 is 0 Å². The molecule has 0 unspecified atom stereocenters. The van der Waals surface area contributed by atoms with Crippen molar-refractivity contribution in [1.29, 1.82) is 0 Å². The summed E-state index contributed by atoms with van der Waals surface area (Å²) in [5.74, 6) is -1.72. The van der Waals surface area contributed by atoms with Gasteiger partial charge in [0.2, 0.25) is 5.95 Å². The molecule has 9 heteroatoms. The van der Waals surface area contributed by atoms with Crippen molar-refractivity contribution in [2.45, 2.75) is 25.7 Å². The number of carbonyl (C=O) groups is 2. The molecule has 1 aromatic carbocycles. The van der Waals surface area contributed by atoms with Gasteiger partial charge < -0.3 is 14.6 Å². The second kappa shape index (κ2) is 10.8. The first-order valence-corrected chi connectivity index (χ1v) is 10.1. The van der Waals surface area contributed by atoms with E-state index in [1.807, 2.05) is 0 Å². The van der Waals surface area contributed by atoms with Crippen molar-refractivity contribution < 1.29 is 33.0 Å². The van der Waals surface area contributed by atoms with Gasteiger partial charge in [-0.2, -0.15) is 4.39 Å². The number of pyridine rings is 1. The smallest absolute Gasteiger partial charge is 0.411 e. The van der Waals surface area contributed by atoms with Crippen LogP contribution in [0.25, 0.3) is 11.3 Å². The Kier molecular flexibility index (Phi) is 7.88. The lowest BCUT2D eigenvalue weighted by molar-refractivity contribution is -0.142. The van der Waals surface area contributed by atoms with E-state index in [0.29, 0.717) is 18.1 Å². The van der Waals surface area contributed by atoms with Gasteiger partial charge in [-0.15, -0.1) is 0 Å². The van der Waals surface area contributed by atoms with Crippen molar-refractivity contribution in [3.8, 4) is 11.3 Å². The van der Waals surface area contributed by atoms with Gasteiger partial charge in [-0.1, -0.05) is 12.1 Å². The molecule has 0 radical (unpaired) electrons. The van der Waals surface area contributed by atoms with Gasteiger partial charge in [0.05, 0.1) is 24.6 Å². The Hall–Kier alpha value is -3.07. The van der Waals surface area contributed by atoms with Crippen LogP contribution < -0.4 is 5.32 Å². The number of anilines is 1. The number of nitrogens with one attached hydrogen (secondary N) is 1. The minimum atomic E-state index is -0.981. The van der Waals surface area contributed by atoms with Crippen LogP contribution in [0.5, 0.6) is 0 Å². The fourth-order valence-corrected chi connectivity index (χ4v) is 3.61. The molecule has 3 rings (SSSR count). The maximum Gasteiger partial charge on any atom is 0.411 e. The normalized spacial score (nSPS) is 18.4. The topological polar surface area (TPSA) is 97.8 Å². The summed E-state index contributed by atoms with van der Waals surface area (Å²) in [4.78, 5) is 26.5. The van der Waals surface area contributed by atoms with Crippen LogP contribution in [0.1, 0.15) is 25.7 Å². The van der Waals surface area contributed by atoms with Crippen LogP contribution in [0.2, 0.25) is 0 Å². The number of aromatic nitrogens is 1. The van der Waals surface area contributed by atoms with Gasteiger partial charge in [0, 0.05) is 5.56 Å². The van der Waals surface area contributed by atoms with Crippen LogP contribution in [0.3, 0.4) is 0 Å². The van der Waals surface area contributed by atoms with Crippen molar-refractivity contribution in [2.75, 3.05) is 25.1 Å². The van der Waals surface area contributed by atoms with E-state index in [2.05, 4.69) is 10.3 Å². The quantitative estimate of drug-likeness (QED) is 0.595. The standard InChI is InChI=1S/C22H24F2N2O5/c23-17-3-1-2-16(10-17)21-18(8-9-19(24)26-21)25-22(29)31-12-15-6-4-14(5-7-15)11-30-13-20(27)28/h1-3,8-10,14-15H,4-7,11-13H2,(H,25,29)(H,27,28). The zero-order valence-electron chi connectivity index (χ0n) is 16.9. The number of carboxylic acids is 1. The molecule has 1 amide bonds. The Morgan fingerprint density at radius 1 is 1.06 bits per heavy atom. The Morgan fingerprint density at radius 3 is 2.45 bits per heavy atom. The maximum atomic E-state index is 13.6. The molecule has 31 heavy (non-hydrogen) atoms. The average molecular weight is 434 g/mol. The van der Waals surface area contributed by atoms with E-state index in [1.165, 1.54) is 24.3 Å². The Morgan fingerprint density at radius 2 is 1.77 bits per heavy atom. The molecule has 0 spiro atoms. The van der Waals surface area contributed by atoms with E-state index in [0.717, 1.165) is 31.7 Å². The van der Waals surface area contributed by atoms with Crippen molar-refractivity contribution in [1.82, 2.24) is 4.98 Å². The fraction of sp³-hybridized carbons (Fsp3) is 0.409. The molecule has 1 heterocycles. The van der Waals surface area contributed by atoms with Crippen molar-refractivity contribution in [3.63, 3.8) is 0 Å². The molecule has 7 nitrogen and oxygen atoms in total. The number of amides is 1. The molecule has 0 saturated heterocycles. The Balaban J connectivity index is 1.49. The zero-order valence-corrected chi connectivity index (χ0v) is 16.9. The second-order valence-electron chi connectivity index (χ2n) is 7.56. The first-order valence-electron chi connectivity index (χ1n) is 10.1. The molecule has 2 aromatic rings. The summed E-state index contributed by atoms with van der Waals surface area (Å²) in [6, 6.07) is 7.97. The average Bonchev–Trinajstić information content (AvgIpc) is 2.74. The molecule has 1 aliphatic rings. The summed E-state index contributed by atoms with van der Waals surface area (Å²) < 4.78 is 37.6. The summed E-state index contributed by atoms with van der Waals surface area (Å²) >= 11 is 0. The van der Waals surface area contributed by atoms with Crippen molar-refractivity contribution in [2.24, 2.45) is 11.8 Å². The summed E-state index contributed by atoms with van der Waals surface area (Å²) in [6.45, 7) is 0.359. The van der Waals surface area contributed by atoms with E-state index in [1.54, 1.807) is 6.07 Å². The van der Waals surface area contributed by atoms with E-state index in [9.17, 15) is 18.4 Å². The monoisotopic (exact) mass is 434 g/mol. The van der Waals surface area contributed by atoms with Crippen LogP contribution in [0.15, 0.2) is 36.4 Å². The predicted octanol–water partition coefficient (Wildman–Crippen LogP) is 4.48. The lowest BCUT2D eigenvalue weighted by Crippen LogP contribution is -2.25. The lowest BCUT2D eigenvalue weighted by atomic mass is 9.83. The molecule has 1 aliphatic carbocycles. The third kappa shape index (κ3) is 6.99. The first kappa shape index (κ1) is 22.6. The highest BCUT2D eigenvalue weighted by Gasteiger charge is 2.23. The number of nitrogens with zero attached hydrogens (tertiary/aromatic N) is 1. The molecule has 1 aromatic heterocycles. The third-order valence-electron chi connectivity index (χ3n) is 5.19. The number of hydrogen-bond acceptors (Lipinski definition) is 5. The molecule has 0 atom stereocenters. The SMILES string of the molecule is O=C(O)COCC1CCC(COC(=O)Nc2ccc(F)nc2-c2cccc(F)c2)CC1. The Bertz CT molecular complexity index is 917. The number of hydrogen-bond donors (Lipinski definition) is 2. The van der Waals surface area contributed by atoms with Gasteiger partial charge in [0.1, 0.15) is 12.4 Å². The fourth-order valence-electron chi connectivity index (χ4n) is 3.61. The summed E-state index contributed by atoms with van der Waals surface area (Å²) in [6.07, 6.45) is 2.75. The minimum absolute atomic E-state index is 0.110. The Labute approximate surface area is 178 Å². The number of carboxylic acid groups (broad SMARTS) is 1. The molecule has 1 saturated carbocycles. The highest BCUT2D eigenvalue weighted by Crippen LogP contribution is 2.30. The number of ether oxygens (including phenoxy) is 2. The summed E-state index contributed by atoms with van der Waals surface area (Å²) in [7, 11) is 0. The molecule has 1 fully saturated rings.